The number of halogens is 1. The van der Waals surface area contributed by atoms with Gasteiger partial charge in [-0.1, -0.05) is 30.3 Å². The van der Waals surface area contributed by atoms with Crippen molar-refractivity contribution in [2.24, 2.45) is 0 Å². The summed E-state index contributed by atoms with van der Waals surface area (Å²) in [4.78, 5) is 29.1. The molecule has 6 nitrogen and oxygen atoms in total. The summed E-state index contributed by atoms with van der Waals surface area (Å²) in [6.45, 7) is 1.53. The van der Waals surface area contributed by atoms with Crippen LogP contribution in [0.4, 0.5) is 5.69 Å². The Hall–Kier alpha value is -3.45. The smallest absolute Gasteiger partial charge is 0.338 e. The van der Waals surface area contributed by atoms with Crippen molar-refractivity contribution in [2.45, 2.75) is 6.92 Å². The molecule has 0 saturated carbocycles. The van der Waals surface area contributed by atoms with Crippen molar-refractivity contribution in [3.8, 4) is 5.69 Å². The molecule has 0 aliphatic carbocycles. The average molecular weight is 464 g/mol. The van der Waals surface area contributed by atoms with Crippen LogP contribution < -0.4 is 5.32 Å². The number of nitrogens with one attached hydrogen (secondary N) is 1. The average Bonchev–Trinajstić information content (AvgIpc) is 3.09. The Morgan fingerprint density at radius 2 is 1.77 bits per heavy atom. The number of aryl methyl sites for hydroxylation is 1. The van der Waals surface area contributed by atoms with E-state index in [1.165, 1.54) is 0 Å². The van der Waals surface area contributed by atoms with Gasteiger partial charge in [-0.3, -0.25) is 9.36 Å². The number of ether oxygens (including phenoxy) is 1. The first-order chi connectivity index (χ1) is 14.5. The molecule has 0 bridgehead atoms. The van der Waals surface area contributed by atoms with Gasteiger partial charge in [-0.15, -0.1) is 0 Å². The predicted octanol–water partition coefficient (Wildman–Crippen LogP) is 4.89. The zero-order valence-electron chi connectivity index (χ0n) is 16.1. The Kier molecular flexibility index (Phi) is 5.63. The van der Waals surface area contributed by atoms with Gasteiger partial charge in [-0.2, -0.15) is 0 Å². The lowest BCUT2D eigenvalue weighted by Crippen LogP contribution is -2.21. The number of imidazole rings is 1. The number of carbonyl (C=O) groups excluding carboxylic acids is 2. The lowest BCUT2D eigenvalue weighted by molar-refractivity contribution is -0.119. The molecule has 4 aromatic rings. The van der Waals surface area contributed by atoms with E-state index in [0.29, 0.717) is 16.8 Å². The van der Waals surface area contributed by atoms with Crippen LogP contribution in [0.3, 0.4) is 0 Å². The summed E-state index contributed by atoms with van der Waals surface area (Å²) < 4.78 is 7.94. The van der Waals surface area contributed by atoms with E-state index in [1.807, 2.05) is 60.0 Å². The minimum Gasteiger partial charge on any atom is -0.452 e. The highest BCUT2D eigenvalue weighted by Crippen LogP contribution is 2.23. The quantitative estimate of drug-likeness (QED) is 0.427. The van der Waals surface area contributed by atoms with Gasteiger partial charge in [0.2, 0.25) is 0 Å². The zero-order chi connectivity index (χ0) is 21.1. The van der Waals surface area contributed by atoms with Crippen LogP contribution in [0.15, 0.2) is 77.3 Å². The van der Waals surface area contributed by atoms with E-state index >= 15 is 0 Å². The van der Waals surface area contributed by atoms with Crippen molar-refractivity contribution >= 4 is 44.5 Å². The van der Waals surface area contributed by atoms with Crippen molar-refractivity contribution in [3.05, 3.63) is 88.7 Å². The number of aromatic nitrogens is 2. The number of amides is 1. The van der Waals surface area contributed by atoms with E-state index in [1.54, 1.807) is 24.3 Å². The number of esters is 1. The number of nitrogens with zero attached hydrogens (tertiary/aromatic N) is 2. The normalized spacial score (nSPS) is 10.7. The SMILES string of the molecule is Cc1nc2cc(C(=O)OCC(=O)Nc3ccccc3Br)ccc2n1-c1ccccc1. The van der Waals surface area contributed by atoms with E-state index in [2.05, 4.69) is 26.2 Å². The summed E-state index contributed by atoms with van der Waals surface area (Å²) >= 11 is 3.36. The van der Waals surface area contributed by atoms with Gasteiger partial charge >= 0.3 is 5.97 Å². The number of fused-ring (bicyclic) bond motifs is 1. The Morgan fingerprint density at radius 1 is 1.03 bits per heavy atom. The minimum absolute atomic E-state index is 0.342. The number of rotatable bonds is 5. The molecule has 0 saturated heterocycles. The van der Waals surface area contributed by atoms with Crippen LogP contribution in [0, 0.1) is 6.92 Å². The maximum Gasteiger partial charge on any atom is 0.338 e. The van der Waals surface area contributed by atoms with E-state index < -0.39 is 11.9 Å². The van der Waals surface area contributed by atoms with Crippen molar-refractivity contribution in [1.29, 1.82) is 0 Å². The fourth-order valence-corrected chi connectivity index (χ4v) is 3.58. The molecule has 4 rings (SSSR count). The van der Waals surface area contributed by atoms with Gasteiger partial charge in [0.15, 0.2) is 6.61 Å². The third kappa shape index (κ3) is 4.11. The fraction of sp³-hybridized carbons (Fsp3) is 0.0870. The van der Waals surface area contributed by atoms with Crippen LogP contribution in [-0.4, -0.2) is 28.0 Å². The Bertz CT molecular complexity index is 1240. The number of hydrogen-bond acceptors (Lipinski definition) is 4. The first-order valence-electron chi connectivity index (χ1n) is 9.29. The van der Waals surface area contributed by atoms with Crippen LogP contribution in [0.1, 0.15) is 16.2 Å². The van der Waals surface area contributed by atoms with Gasteiger partial charge in [0.05, 0.1) is 22.3 Å². The topological polar surface area (TPSA) is 73.2 Å². The second-order valence-electron chi connectivity index (χ2n) is 6.64. The minimum atomic E-state index is -0.578. The molecular formula is C23H18BrN3O3. The number of para-hydroxylation sites is 2. The Balaban J connectivity index is 1.48. The van der Waals surface area contributed by atoms with Gasteiger partial charge in [0.25, 0.3) is 5.91 Å². The van der Waals surface area contributed by atoms with Gasteiger partial charge in [0.1, 0.15) is 5.82 Å². The Labute approximate surface area is 181 Å². The lowest BCUT2D eigenvalue weighted by Gasteiger charge is -2.08. The number of carbonyl (C=O) groups is 2. The van der Waals surface area contributed by atoms with Crippen molar-refractivity contribution in [1.82, 2.24) is 9.55 Å². The molecular weight excluding hydrogens is 446 g/mol. The molecule has 30 heavy (non-hydrogen) atoms. The first-order valence-corrected chi connectivity index (χ1v) is 10.1. The van der Waals surface area contributed by atoms with Crippen molar-refractivity contribution in [3.63, 3.8) is 0 Å². The second kappa shape index (κ2) is 8.51. The van der Waals surface area contributed by atoms with E-state index in [4.69, 9.17) is 4.74 Å². The maximum atomic E-state index is 12.4. The summed E-state index contributed by atoms with van der Waals surface area (Å²) in [6, 6.07) is 22.3. The molecule has 0 spiro atoms. The summed E-state index contributed by atoms with van der Waals surface area (Å²) in [5.74, 6) is -0.179. The highest BCUT2D eigenvalue weighted by atomic mass is 79.9. The zero-order valence-corrected chi connectivity index (χ0v) is 17.7. The largest absolute Gasteiger partial charge is 0.452 e. The van der Waals surface area contributed by atoms with Crippen molar-refractivity contribution < 1.29 is 14.3 Å². The Morgan fingerprint density at radius 3 is 2.53 bits per heavy atom. The van der Waals surface area contributed by atoms with Crippen molar-refractivity contribution in [2.75, 3.05) is 11.9 Å². The van der Waals surface area contributed by atoms with Crippen LogP contribution in [-0.2, 0) is 9.53 Å². The van der Waals surface area contributed by atoms with Crippen LogP contribution in [0.2, 0.25) is 0 Å². The number of anilines is 1. The molecule has 150 valence electrons. The summed E-state index contributed by atoms with van der Waals surface area (Å²) in [5.41, 5.74) is 3.53. The lowest BCUT2D eigenvalue weighted by atomic mass is 10.2. The van der Waals surface area contributed by atoms with E-state index in [9.17, 15) is 9.59 Å². The van der Waals surface area contributed by atoms with Crippen LogP contribution in [0.25, 0.3) is 16.7 Å². The molecule has 0 aliphatic heterocycles. The van der Waals surface area contributed by atoms with E-state index in [0.717, 1.165) is 21.5 Å². The molecule has 1 amide bonds. The van der Waals surface area contributed by atoms with Gasteiger partial charge in [-0.25, -0.2) is 9.78 Å². The van der Waals surface area contributed by atoms with Gasteiger partial charge in [0, 0.05) is 10.2 Å². The fourth-order valence-electron chi connectivity index (χ4n) is 3.19. The predicted molar refractivity (Wildman–Crippen MR) is 119 cm³/mol. The second-order valence-corrected chi connectivity index (χ2v) is 7.49. The maximum absolute atomic E-state index is 12.4. The number of hydrogen-bond donors (Lipinski definition) is 1. The molecule has 0 unspecified atom stereocenters. The van der Waals surface area contributed by atoms with Crippen LogP contribution in [0.5, 0.6) is 0 Å². The van der Waals surface area contributed by atoms with Gasteiger partial charge in [-0.05, 0) is 65.3 Å². The highest BCUT2D eigenvalue weighted by Gasteiger charge is 2.15. The molecule has 1 heterocycles. The molecule has 0 fully saturated rings. The third-order valence-electron chi connectivity index (χ3n) is 4.55. The highest BCUT2D eigenvalue weighted by molar-refractivity contribution is 9.10. The summed E-state index contributed by atoms with van der Waals surface area (Å²) in [6.07, 6.45) is 0. The summed E-state index contributed by atoms with van der Waals surface area (Å²) in [5, 5.41) is 2.70. The summed E-state index contributed by atoms with van der Waals surface area (Å²) in [7, 11) is 0. The molecule has 1 N–H and O–H groups in total. The first kappa shape index (κ1) is 19.8. The standard InChI is InChI=1S/C23H18BrN3O3/c1-15-25-20-13-16(11-12-21(20)27(15)17-7-3-2-4-8-17)23(29)30-14-22(28)26-19-10-6-5-9-18(19)24/h2-13H,14H2,1H3,(H,26,28). The molecule has 7 heteroatoms. The van der Waals surface area contributed by atoms with Gasteiger partial charge < -0.3 is 10.1 Å². The van der Waals surface area contributed by atoms with E-state index in [-0.39, 0.29) is 6.61 Å². The molecule has 0 aliphatic rings. The molecule has 1 aromatic heterocycles. The third-order valence-corrected chi connectivity index (χ3v) is 5.25. The number of benzene rings is 3. The van der Waals surface area contributed by atoms with Crippen LogP contribution >= 0.6 is 15.9 Å². The monoisotopic (exact) mass is 463 g/mol. The molecule has 0 radical (unpaired) electrons. The molecule has 3 aromatic carbocycles. The molecule has 0 atom stereocenters.